The van der Waals surface area contributed by atoms with Crippen molar-refractivity contribution in [2.45, 2.75) is 40.2 Å². The Morgan fingerprint density at radius 2 is 2.07 bits per heavy atom. The van der Waals surface area contributed by atoms with Crippen LogP contribution in [0.3, 0.4) is 0 Å². The van der Waals surface area contributed by atoms with Gasteiger partial charge in [-0.15, -0.1) is 0 Å². The first kappa shape index (κ1) is 20.5. The normalized spacial score (nSPS) is 11.7. The lowest BCUT2D eigenvalue weighted by atomic mass is 10.0. The molecule has 1 heterocycles. The number of pyridine rings is 1. The minimum absolute atomic E-state index is 0.0721. The Bertz CT molecular complexity index is 989. The zero-order valence-electron chi connectivity index (χ0n) is 15.7. The van der Waals surface area contributed by atoms with Crippen molar-refractivity contribution >= 4 is 17.4 Å². The minimum atomic E-state index is -0.604. The Morgan fingerprint density at radius 1 is 1.41 bits per heavy atom. The molecule has 0 aliphatic carbocycles. The Labute approximate surface area is 162 Å². The van der Waals surface area contributed by atoms with Gasteiger partial charge in [-0.05, 0) is 56.5 Å². The van der Waals surface area contributed by atoms with Gasteiger partial charge >= 0.3 is 0 Å². The number of hydrogen-bond acceptors (Lipinski definition) is 5. The number of aromatic nitrogens is 1. The third kappa shape index (κ3) is 3.99. The van der Waals surface area contributed by atoms with Gasteiger partial charge in [0.1, 0.15) is 17.4 Å². The predicted molar refractivity (Wildman–Crippen MR) is 103 cm³/mol. The van der Waals surface area contributed by atoms with Gasteiger partial charge in [0.2, 0.25) is 11.7 Å². The molecule has 0 amide bonds. The lowest BCUT2D eigenvalue weighted by Gasteiger charge is -2.19. The van der Waals surface area contributed by atoms with E-state index in [0.29, 0.717) is 17.2 Å². The Morgan fingerprint density at radius 3 is 2.63 bits per heavy atom. The maximum Gasteiger partial charge on any atom is 0.271 e. The molecule has 0 saturated heterocycles. The maximum absolute atomic E-state index is 12.7. The van der Waals surface area contributed by atoms with Crippen molar-refractivity contribution in [1.29, 1.82) is 5.26 Å². The van der Waals surface area contributed by atoms with E-state index in [2.05, 4.69) is 0 Å². The van der Waals surface area contributed by atoms with Crippen LogP contribution in [-0.2, 0) is 0 Å². The average molecular weight is 389 g/mol. The summed E-state index contributed by atoms with van der Waals surface area (Å²) in [7, 11) is 0. The topological polar surface area (TPSA) is 92.3 Å². The van der Waals surface area contributed by atoms with Gasteiger partial charge in [0, 0.05) is 11.1 Å². The van der Waals surface area contributed by atoms with Crippen molar-refractivity contribution in [2.75, 3.05) is 6.61 Å². The summed E-state index contributed by atoms with van der Waals surface area (Å²) in [5.41, 5.74) is 0.127. The molecule has 0 saturated carbocycles. The Hall–Kier alpha value is -2.78. The second-order valence-corrected chi connectivity index (χ2v) is 6.77. The first-order valence-corrected chi connectivity index (χ1v) is 8.90. The first-order chi connectivity index (χ1) is 12.7. The molecule has 0 fully saturated rings. The van der Waals surface area contributed by atoms with Gasteiger partial charge in [0.25, 0.3) is 5.56 Å². The van der Waals surface area contributed by atoms with Crippen LogP contribution >= 0.6 is 11.6 Å². The molecular weight excluding hydrogens is 368 g/mol. The molecule has 142 valence electrons. The third-order valence-corrected chi connectivity index (χ3v) is 4.98. The number of halogens is 1. The number of carbonyl (C=O) groups is 1. The number of aryl methyl sites for hydroxylation is 1. The molecule has 0 aliphatic heterocycles. The monoisotopic (exact) mass is 388 g/mol. The lowest BCUT2D eigenvalue weighted by Crippen LogP contribution is -2.29. The highest BCUT2D eigenvalue weighted by Gasteiger charge is 2.25. The average Bonchev–Trinajstić information content (AvgIpc) is 2.62. The van der Waals surface area contributed by atoms with Crippen LogP contribution in [0.1, 0.15) is 53.4 Å². The molecule has 7 heteroatoms. The van der Waals surface area contributed by atoms with Crippen molar-refractivity contribution in [1.82, 2.24) is 4.57 Å². The molecule has 0 radical (unpaired) electrons. The van der Waals surface area contributed by atoms with Crippen molar-refractivity contribution in [3.8, 4) is 17.7 Å². The number of ketones is 1. The fraction of sp³-hybridized carbons (Fsp3) is 0.350. The number of nitrogens with zero attached hydrogens (tertiary/aromatic N) is 2. The van der Waals surface area contributed by atoms with E-state index in [1.165, 1.54) is 6.92 Å². The number of aromatic hydroxyl groups is 1. The van der Waals surface area contributed by atoms with Crippen molar-refractivity contribution in [3.05, 3.63) is 55.8 Å². The van der Waals surface area contributed by atoms with E-state index in [4.69, 9.17) is 16.3 Å². The van der Waals surface area contributed by atoms with E-state index in [1.807, 2.05) is 19.9 Å². The van der Waals surface area contributed by atoms with Gasteiger partial charge in [0.15, 0.2) is 6.61 Å². The highest BCUT2D eigenvalue weighted by molar-refractivity contribution is 6.31. The smallest absolute Gasteiger partial charge is 0.271 e. The zero-order valence-corrected chi connectivity index (χ0v) is 16.4. The lowest BCUT2D eigenvalue weighted by molar-refractivity contribution is 0.0916. The van der Waals surface area contributed by atoms with Gasteiger partial charge in [-0.3, -0.25) is 14.2 Å². The van der Waals surface area contributed by atoms with E-state index in [0.717, 1.165) is 10.1 Å². The molecule has 0 aliphatic rings. The summed E-state index contributed by atoms with van der Waals surface area (Å²) >= 11 is 5.97. The second kappa shape index (κ2) is 8.28. The second-order valence-electron chi connectivity index (χ2n) is 6.37. The molecule has 1 atom stereocenters. The van der Waals surface area contributed by atoms with Crippen LogP contribution in [-0.4, -0.2) is 22.1 Å². The number of hydrogen-bond donors (Lipinski definition) is 1. The van der Waals surface area contributed by atoms with Gasteiger partial charge in [-0.1, -0.05) is 18.5 Å². The first-order valence-electron chi connectivity index (χ1n) is 8.53. The van der Waals surface area contributed by atoms with Crippen molar-refractivity contribution in [3.63, 3.8) is 0 Å². The summed E-state index contributed by atoms with van der Waals surface area (Å²) < 4.78 is 6.60. The molecule has 2 rings (SSSR count). The summed E-state index contributed by atoms with van der Waals surface area (Å²) in [5, 5.41) is 20.5. The number of Topliss-reactive ketones (excluding diaryl/α,β-unsaturated/α-hetero) is 1. The summed E-state index contributed by atoms with van der Waals surface area (Å²) in [6.07, 6.45) is 0.551. The molecule has 1 aromatic carbocycles. The quantitative estimate of drug-likeness (QED) is 0.757. The molecule has 0 bridgehead atoms. The number of benzene rings is 1. The van der Waals surface area contributed by atoms with Crippen LogP contribution in [0.4, 0.5) is 0 Å². The van der Waals surface area contributed by atoms with Crippen LogP contribution in [0.5, 0.6) is 11.6 Å². The van der Waals surface area contributed by atoms with Crippen LogP contribution < -0.4 is 10.3 Å². The van der Waals surface area contributed by atoms with Crippen molar-refractivity contribution in [2.24, 2.45) is 0 Å². The molecule has 6 nitrogen and oxygen atoms in total. The van der Waals surface area contributed by atoms with E-state index in [9.17, 15) is 20.0 Å². The fourth-order valence-corrected chi connectivity index (χ4v) is 2.89. The SMILES string of the molecule is CCC(C)n1c(O)c(C(=O)COc2ccc(Cl)c(C)c2)c(C)c(C#N)c1=O. The van der Waals surface area contributed by atoms with Crippen LogP contribution in [0, 0.1) is 25.2 Å². The predicted octanol–water partition coefficient (Wildman–Crippen LogP) is 3.93. The molecule has 27 heavy (non-hydrogen) atoms. The van der Waals surface area contributed by atoms with Crippen LogP contribution in [0.25, 0.3) is 0 Å². The molecular formula is C20H21ClN2O4. The number of carbonyl (C=O) groups excluding carboxylic acids is 1. The van der Waals surface area contributed by atoms with Crippen LogP contribution in [0.2, 0.25) is 5.02 Å². The van der Waals surface area contributed by atoms with Gasteiger partial charge in [0.05, 0.1) is 5.56 Å². The largest absolute Gasteiger partial charge is 0.494 e. The molecule has 1 aromatic heterocycles. The number of ether oxygens (including phenoxy) is 1. The highest BCUT2D eigenvalue weighted by Crippen LogP contribution is 2.27. The summed E-state index contributed by atoms with van der Waals surface area (Å²) in [6.45, 7) is 6.52. The van der Waals surface area contributed by atoms with Crippen LogP contribution in [0.15, 0.2) is 23.0 Å². The maximum atomic E-state index is 12.7. The van der Waals surface area contributed by atoms with E-state index >= 15 is 0 Å². The summed E-state index contributed by atoms with van der Waals surface area (Å²) in [5.74, 6) is -0.504. The number of rotatable bonds is 6. The van der Waals surface area contributed by atoms with Gasteiger partial charge in [-0.2, -0.15) is 5.26 Å². The van der Waals surface area contributed by atoms with Gasteiger partial charge in [-0.25, -0.2) is 0 Å². The Balaban J connectivity index is 2.44. The molecule has 0 spiro atoms. The molecule has 1 unspecified atom stereocenters. The third-order valence-electron chi connectivity index (χ3n) is 4.56. The minimum Gasteiger partial charge on any atom is -0.494 e. The van der Waals surface area contributed by atoms with E-state index < -0.39 is 17.2 Å². The Kier molecular flexibility index (Phi) is 6.29. The number of nitriles is 1. The zero-order chi connectivity index (χ0) is 20.3. The summed E-state index contributed by atoms with van der Waals surface area (Å²) in [4.78, 5) is 25.2. The molecule has 2 aromatic rings. The standard InChI is InChI=1S/C20H21ClN2O4/c1-5-12(3)23-19(25)15(9-22)13(4)18(20(23)26)17(24)10-27-14-6-7-16(21)11(2)8-14/h6-8,12,26H,5,10H2,1-4H3. The molecule has 1 N–H and O–H groups in total. The van der Waals surface area contributed by atoms with E-state index in [1.54, 1.807) is 25.1 Å². The van der Waals surface area contributed by atoms with E-state index in [-0.39, 0.29) is 29.3 Å². The fourth-order valence-electron chi connectivity index (χ4n) is 2.78. The van der Waals surface area contributed by atoms with Gasteiger partial charge < -0.3 is 9.84 Å². The highest BCUT2D eigenvalue weighted by atomic mass is 35.5. The van der Waals surface area contributed by atoms with Crippen molar-refractivity contribution < 1.29 is 14.6 Å². The summed E-state index contributed by atoms with van der Waals surface area (Å²) in [6, 6.07) is 6.47.